The van der Waals surface area contributed by atoms with Crippen molar-refractivity contribution in [2.45, 2.75) is 38.7 Å². The van der Waals surface area contributed by atoms with E-state index in [1.807, 2.05) is 0 Å². The van der Waals surface area contributed by atoms with Gasteiger partial charge in [0.25, 0.3) is 0 Å². The zero-order chi connectivity index (χ0) is 19.6. The van der Waals surface area contributed by atoms with Crippen molar-refractivity contribution in [2.75, 3.05) is 6.61 Å². The number of esters is 2. The van der Waals surface area contributed by atoms with E-state index in [2.05, 4.69) is 15.1 Å². The van der Waals surface area contributed by atoms with Crippen LogP contribution in [0.25, 0.3) is 5.82 Å². The third-order valence-electron chi connectivity index (χ3n) is 3.78. The van der Waals surface area contributed by atoms with Gasteiger partial charge in [0.05, 0.1) is 6.20 Å². The molecular formula is C15H16FN5O6. The van der Waals surface area contributed by atoms with Crippen LogP contribution in [0.1, 0.15) is 26.5 Å². The Kier molecular flexibility index (Phi) is 5.26. The molecule has 1 saturated heterocycles. The summed E-state index contributed by atoms with van der Waals surface area (Å²) in [7, 11) is 0. The summed E-state index contributed by atoms with van der Waals surface area (Å²) in [6.07, 6.45) is 0.854. The number of ether oxygens (including phenoxy) is 3. The number of nitrogens with zero attached hydrogens (tertiary/aromatic N) is 5. The molecule has 0 amide bonds. The SMILES string of the molecule is CC(=O)OCC1OC(n2cc(F)c(-n3cncn3)nc2=O)CC1OC(C)=O. The van der Waals surface area contributed by atoms with Crippen LogP contribution >= 0.6 is 0 Å². The van der Waals surface area contributed by atoms with E-state index in [1.165, 1.54) is 26.5 Å². The second-order valence-corrected chi connectivity index (χ2v) is 5.76. The Labute approximate surface area is 151 Å². The number of hydrogen-bond donors (Lipinski definition) is 0. The molecule has 1 aliphatic rings. The summed E-state index contributed by atoms with van der Waals surface area (Å²) < 4.78 is 32.0. The minimum atomic E-state index is -0.950. The third kappa shape index (κ3) is 4.16. The smallest absolute Gasteiger partial charge is 0.351 e. The lowest BCUT2D eigenvalue weighted by atomic mass is 10.2. The summed E-state index contributed by atoms with van der Waals surface area (Å²) in [6.45, 7) is 2.27. The molecule has 0 aliphatic carbocycles. The van der Waals surface area contributed by atoms with Crippen molar-refractivity contribution in [3.05, 3.63) is 35.2 Å². The van der Waals surface area contributed by atoms with Crippen LogP contribution in [-0.2, 0) is 23.8 Å². The lowest BCUT2D eigenvalue weighted by molar-refractivity contribution is -0.155. The van der Waals surface area contributed by atoms with Crippen molar-refractivity contribution in [1.82, 2.24) is 24.3 Å². The highest BCUT2D eigenvalue weighted by Gasteiger charge is 2.40. The first kappa shape index (κ1) is 18.6. The molecule has 0 spiro atoms. The van der Waals surface area contributed by atoms with E-state index >= 15 is 0 Å². The fourth-order valence-corrected chi connectivity index (χ4v) is 2.68. The molecule has 0 N–H and O–H groups in total. The van der Waals surface area contributed by atoms with Crippen molar-refractivity contribution in [3.8, 4) is 5.82 Å². The molecule has 3 unspecified atom stereocenters. The van der Waals surface area contributed by atoms with Crippen LogP contribution in [0, 0.1) is 5.82 Å². The zero-order valence-corrected chi connectivity index (χ0v) is 14.4. The standard InChI is InChI=1S/C15H16FN5O6/c1-8(22)25-5-12-11(26-9(2)23)3-13(27-12)20-4-10(16)14(19-15(20)24)21-7-17-6-18-21/h4,6-7,11-13H,3,5H2,1-2H3. The van der Waals surface area contributed by atoms with Gasteiger partial charge >= 0.3 is 17.6 Å². The number of carbonyl (C=O) groups excluding carboxylic acids is 2. The van der Waals surface area contributed by atoms with Gasteiger partial charge in [0.2, 0.25) is 0 Å². The molecule has 2 aromatic rings. The Morgan fingerprint density at radius 3 is 2.78 bits per heavy atom. The van der Waals surface area contributed by atoms with Gasteiger partial charge in [-0.05, 0) is 0 Å². The minimum Gasteiger partial charge on any atom is -0.463 e. The van der Waals surface area contributed by atoms with E-state index in [-0.39, 0.29) is 18.8 Å². The Morgan fingerprint density at radius 1 is 1.37 bits per heavy atom. The number of aromatic nitrogens is 5. The van der Waals surface area contributed by atoms with Crippen LogP contribution in [0.5, 0.6) is 0 Å². The molecule has 0 aromatic carbocycles. The molecule has 0 radical (unpaired) electrons. The summed E-state index contributed by atoms with van der Waals surface area (Å²) in [6, 6.07) is 0. The molecule has 27 heavy (non-hydrogen) atoms. The van der Waals surface area contributed by atoms with Crippen molar-refractivity contribution in [2.24, 2.45) is 0 Å². The van der Waals surface area contributed by atoms with Crippen molar-refractivity contribution in [1.29, 1.82) is 0 Å². The predicted molar refractivity (Wildman–Crippen MR) is 84.1 cm³/mol. The average Bonchev–Trinajstić information content (AvgIpc) is 3.24. The highest BCUT2D eigenvalue weighted by Crippen LogP contribution is 2.30. The first-order valence-corrected chi connectivity index (χ1v) is 7.95. The highest BCUT2D eigenvalue weighted by molar-refractivity contribution is 5.66. The van der Waals surface area contributed by atoms with Crippen molar-refractivity contribution >= 4 is 11.9 Å². The van der Waals surface area contributed by atoms with Gasteiger partial charge in [0, 0.05) is 20.3 Å². The molecule has 144 valence electrons. The second kappa shape index (κ2) is 7.61. The maximum absolute atomic E-state index is 14.4. The normalized spacial score (nSPS) is 21.8. The molecule has 3 atom stereocenters. The quantitative estimate of drug-likeness (QED) is 0.644. The lowest BCUT2D eigenvalue weighted by Crippen LogP contribution is -2.31. The lowest BCUT2D eigenvalue weighted by Gasteiger charge is -2.17. The maximum atomic E-state index is 14.4. The van der Waals surface area contributed by atoms with Gasteiger partial charge in [-0.25, -0.2) is 14.2 Å². The number of carbonyl (C=O) groups is 2. The molecular weight excluding hydrogens is 365 g/mol. The van der Waals surface area contributed by atoms with E-state index in [9.17, 15) is 18.8 Å². The second-order valence-electron chi connectivity index (χ2n) is 5.76. The van der Waals surface area contributed by atoms with Gasteiger partial charge in [0.15, 0.2) is 11.6 Å². The molecule has 1 aliphatic heterocycles. The van der Waals surface area contributed by atoms with Crippen LogP contribution in [0.4, 0.5) is 4.39 Å². The van der Waals surface area contributed by atoms with Crippen LogP contribution in [0.3, 0.4) is 0 Å². The zero-order valence-electron chi connectivity index (χ0n) is 14.4. The Balaban J connectivity index is 1.85. The van der Waals surface area contributed by atoms with E-state index < -0.39 is 41.9 Å². The monoisotopic (exact) mass is 381 g/mol. The Hall–Kier alpha value is -3.15. The summed E-state index contributed by atoms with van der Waals surface area (Å²) in [5.41, 5.74) is -0.790. The number of hydrogen-bond acceptors (Lipinski definition) is 9. The minimum absolute atomic E-state index is 0.0647. The molecule has 12 heteroatoms. The Morgan fingerprint density at radius 2 is 2.15 bits per heavy atom. The summed E-state index contributed by atoms with van der Waals surface area (Å²) in [4.78, 5) is 42.0. The van der Waals surface area contributed by atoms with Crippen molar-refractivity contribution < 1.29 is 28.2 Å². The summed E-state index contributed by atoms with van der Waals surface area (Å²) >= 11 is 0. The van der Waals surface area contributed by atoms with Gasteiger partial charge in [-0.2, -0.15) is 14.8 Å². The fraction of sp³-hybridized carbons (Fsp3) is 0.467. The van der Waals surface area contributed by atoms with Gasteiger partial charge in [-0.3, -0.25) is 14.2 Å². The first-order chi connectivity index (χ1) is 12.8. The largest absolute Gasteiger partial charge is 0.463 e. The Bertz CT molecular complexity index is 899. The van der Waals surface area contributed by atoms with Crippen LogP contribution in [0.2, 0.25) is 0 Å². The molecule has 11 nitrogen and oxygen atoms in total. The molecule has 0 bridgehead atoms. The number of halogens is 1. The molecule has 3 rings (SSSR count). The highest BCUT2D eigenvalue weighted by atomic mass is 19.1. The predicted octanol–water partition coefficient (Wildman–Crippen LogP) is -0.255. The molecule has 0 saturated carbocycles. The number of rotatable bonds is 5. The third-order valence-corrected chi connectivity index (χ3v) is 3.78. The average molecular weight is 381 g/mol. The van der Waals surface area contributed by atoms with Crippen LogP contribution < -0.4 is 5.69 Å². The topological polar surface area (TPSA) is 127 Å². The summed E-state index contributed by atoms with van der Waals surface area (Å²) in [5, 5.41) is 3.73. The van der Waals surface area contributed by atoms with Crippen molar-refractivity contribution in [3.63, 3.8) is 0 Å². The van der Waals surface area contributed by atoms with Crippen LogP contribution in [0.15, 0.2) is 23.6 Å². The van der Waals surface area contributed by atoms with Gasteiger partial charge < -0.3 is 14.2 Å². The van der Waals surface area contributed by atoms with Crippen LogP contribution in [-0.4, -0.2) is 55.1 Å². The van der Waals surface area contributed by atoms with Gasteiger partial charge in [0.1, 0.15) is 37.7 Å². The fourth-order valence-electron chi connectivity index (χ4n) is 2.68. The molecule has 2 aromatic heterocycles. The molecule has 3 heterocycles. The van der Waals surface area contributed by atoms with E-state index in [4.69, 9.17) is 14.2 Å². The molecule has 1 fully saturated rings. The van der Waals surface area contributed by atoms with E-state index in [0.29, 0.717) is 0 Å². The van der Waals surface area contributed by atoms with E-state index in [0.717, 1.165) is 15.4 Å². The van der Waals surface area contributed by atoms with Gasteiger partial charge in [-0.15, -0.1) is 0 Å². The maximum Gasteiger partial charge on any atom is 0.351 e. The van der Waals surface area contributed by atoms with Gasteiger partial charge in [-0.1, -0.05) is 0 Å². The summed E-state index contributed by atoms with van der Waals surface area (Å²) in [5.74, 6) is -2.23. The van der Waals surface area contributed by atoms with E-state index in [1.54, 1.807) is 0 Å². The first-order valence-electron chi connectivity index (χ1n) is 7.95.